The summed E-state index contributed by atoms with van der Waals surface area (Å²) in [5.74, 6) is 32.7. The smallest absolute Gasteiger partial charge is 0.778 e. The first-order valence-electron chi connectivity index (χ1n) is 7.07. The Morgan fingerprint density at radius 2 is 1.48 bits per heavy atom. The molecule has 0 bridgehead atoms. The second kappa shape index (κ2) is 14.7. The SMILES string of the molecule is CC#CC#CC#CC#CC#CC#CC#CC(=O)OCC1COP(=O)([O-])C1.[Na+]. The fourth-order valence-corrected chi connectivity index (χ4v) is 2.81. The van der Waals surface area contributed by atoms with Gasteiger partial charge in [-0.15, -0.1) is 0 Å². The first-order chi connectivity index (χ1) is 12.5. The van der Waals surface area contributed by atoms with Crippen molar-refractivity contribution in [3.63, 3.8) is 0 Å². The van der Waals surface area contributed by atoms with Gasteiger partial charge in [0.05, 0.1) is 13.2 Å². The summed E-state index contributed by atoms with van der Waals surface area (Å²) in [6.45, 7) is 1.62. The molecule has 2 unspecified atom stereocenters. The van der Waals surface area contributed by atoms with Crippen LogP contribution in [0.2, 0.25) is 0 Å². The Kier molecular flexibility index (Phi) is 13.3. The van der Waals surface area contributed by atoms with Crippen molar-refractivity contribution in [2.24, 2.45) is 5.92 Å². The number of hydrogen-bond acceptors (Lipinski definition) is 5. The average Bonchev–Trinajstić information content (AvgIpc) is 2.96. The summed E-state index contributed by atoms with van der Waals surface area (Å²) in [4.78, 5) is 22.4. The predicted octanol–water partition coefficient (Wildman–Crippen LogP) is -3.22. The molecule has 0 radical (unpaired) electrons. The van der Waals surface area contributed by atoms with Crippen LogP contribution in [-0.2, 0) is 18.6 Å². The zero-order chi connectivity index (χ0) is 19.1. The van der Waals surface area contributed by atoms with Gasteiger partial charge in [-0.3, -0.25) is 0 Å². The van der Waals surface area contributed by atoms with Gasteiger partial charge in [0.2, 0.25) is 0 Å². The molecule has 1 aliphatic heterocycles. The number of esters is 1. The minimum absolute atomic E-state index is 0. The molecule has 126 valence electrons. The molecule has 1 aliphatic rings. The van der Waals surface area contributed by atoms with E-state index in [1.54, 1.807) is 6.92 Å². The molecule has 27 heavy (non-hydrogen) atoms. The number of hydrogen-bond donors (Lipinski definition) is 0. The molecule has 7 heteroatoms. The van der Waals surface area contributed by atoms with Crippen molar-refractivity contribution in [2.75, 3.05) is 19.4 Å². The maximum Gasteiger partial charge on any atom is 1.00 e. The molecule has 0 spiro atoms. The van der Waals surface area contributed by atoms with Crippen LogP contribution in [0, 0.1) is 88.8 Å². The third kappa shape index (κ3) is 13.4. The van der Waals surface area contributed by atoms with Crippen LogP contribution < -0.4 is 34.5 Å². The first kappa shape index (κ1) is 24.5. The summed E-state index contributed by atoms with van der Waals surface area (Å²) in [6.07, 6.45) is -0.145. The topological polar surface area (TPSA) is 75.7 Å². The molecule has 1 rings (SSSR count). The van der Waals surface area contributed by atoms with Crippen molar-refractivity contribution in [1.29, 1.82) is 0 Å². The number of rotatable bonds is 2. The minimum Gasteiger partial charge on any atom is -0.778 e. The van der Waals surface area contributed by atoms with Gasteiger partial charge >= 0.3 is 35.5 Å². The van der Waals surface area contributed by atoms with E-state index in [0.717, 1.165) is 0 Å². The third-order valence-electron chi connectivity index (χ3n) is 2.42. The van der Waals surface area contributed by atoms with Crippen LogP contribution in [0.3, 0.4) is 0 Å². The van der Waals surface area contributed by atoms with Gasteiger partial charge < -0.3 is 18.7 Å². The number of carbonyl (C=O) groups is 1. The summed E-state index contributed by atoms with van der Waals surface area (Å²) < 4.78 is 20.5. The van der Waals surface area contributed by atoms with E-state index in [9.17, 15) is 14.3 Å². The molecule has 2 atom stereocenters. The minimum atomic E-state index is -3.76. The second-order valence-corrected chi connectivity index (χ2v) is 6.27. The molecular weight excluding hydrogens is 374 g/mol. The van der Waals surface area contributed by atoms with Crippen LogP contribution in [0.25, 0.3) is 0 Å². The third-order valence-corrected chi connectivity index (χ3v) is 3.92. The van der Waals surface area contributed by atoms with E-state index in [1.165, 1.54) is 0 Å². The van der Waals surface area contributed by atoms with Crippen molar-refractivity contribution in [1.82, 2.24) is 0 Å². The zero-order valence-corrected chi connectivity index (χ0v) is 17.6. The van der Waals surface area contributed by atoms with Crippen LogP contribution >= 0.6 is 7.60 Å². The summed E-state index contributed by atoms with van der Waals surface area (Å²) in [6, 6.07) is 0. The number of ether oxygens (including phenoxy) is 1. The second-order valence-electron chi connectivity index (χ2n) is 4.43. The molecule has 0 saturated carbocycles. The van der Waals surface area contributed by atoms with Crippen molar-refractivity contribution < 1.29 is 53.1 Å². The Balaban J connectivity index is 0.00000676. The number of carbonyl (C=O) groups excluding carboxylic acids is 1. The Labute approximate surface area is 181 Å². The van der Waals surface area contributed by atoms with Crippen LogP contribution in [0.4, 0.5) is 0 Å². The molecule has 0 aromatic heterocycles. The van der Waals surface area contributed by atoms with E-state index in [4.69, 9.17) is 4.74 Å². The van der Waals surface area contributed by atoms with E-state index >= 15 is 0 Å². The predicted molar refractivity (Wildman–Crippen MR) is 93.0 cm³/mol. The molecule has 1 fully saturated rings. The van der Waals surface area contributed by atoms with Gasteiger partial charge in [0.15, 0.2) is 0 Å². The van der Waals surface area contributed by atoms with E-state index in [-0.39, 0.29) is 54.9 Å². The maximum atomic E-state index is 11.3. The van der Waals surface area contributed by atoms with Crippen molar-refractivity contribution in [3.8, 4) is 82.9 Å². The first-order valence-corrected chi connectivity index (χ1v) is 8.80. The molecule has 0 aromatic rings. The van der Waals surface area contributed by atoms with Crippen LogP contribution in [-0.4, -0.2) is 25.3 Å². The molecule has 5 nitrogen and oxygen atoms in total. The Hall–Kier alpha value is -2.46. The van der Waals surface area contributed by atoms with Crippen LogP contribution in [0.1, 0.15) is 6.92 Å². The average molecular weight is 384 g/mol. The summed E-state index contributed by atoms with van der Waals surface area (Å²) in [5.41, 5.74) is 0. The van der Waals surface area contributed by atoms with Crippen molar-refractivity contribution in [3.05, 3.63) is 0 Å². The molecule has 0 aromatic carbocycles. The maximum absolute atomic E-state index is 11.3. The van der Waals surface area contributed by atoms with Gasteiger partial charge in [-0.05, 0) is 78.0 Å². The van der Waals surface area contributed by atoms with Crippen LogP contribution in [0.5, 0.6) is 0 Å². The van der Waals surface area contributed by atoms with Gasteiger partial charge in [0, 0.05) is 18.0 Å². The molecule has 1 heterocycles. The van der Waals surface area contributed by atoms with E-state index < -0.39 is 13.6 Å². The molecule has 0 aliphatic carbocycles. The zero-order valence-electron chi connectivity index (χ0n) is 14.7. The molecule has 0 amide bonds. The van der Waals surface area contributed by atoms with Gasteiger partial charge in [-0.2, -0.15) is 0 Å². The van der Waals surface area contributed by atoms with Crippen molar-refractivity contribution in [2.45, 2.75) is 6.92 Å². The quantitative estimate of drug-likeness (QED) is 0.165. The standard InChI is InChI=1S/C20H11O5P.Na/c1-2-3-4-5-6-7-8-9-10-11-12-13-14-15-20(21)24-16-19-17-25-26(22,23)18-19;/h19H,16-18H2,1H3,(H,22,23);/q;+1/p-1. The van der Waals surface area contributed by atoms with Gasteiger partial charge in [-0.25, -0.2) is 4.79 Å². The van der Waals surface area contributed by atoms with Gasteiger partial charge in [-0.1, -0.05) is 5.92 Å². The molecule has 0 N–H and O–H groups in total. The Morgan fingerprint density at radius 1 is 1.00 bits per heavy atom. The molecular formula is C20H10NaO5P. The largest absolute Gasteiger partial charge is 1.00 e. The summed E-state index contributed by atoms with van der Waals surface area (Å²) in [5, 5.41) is 0. The monoisotopic (exact) mass is 384 g/mol. The van der Waals surface area contributed by atoms with Crippen LogP contribution in [0.15, 0.2) is 0 Å². The van der Waals surface area contributed by atoms with E-state index in [0.29, 0.717) is 0 Å². The normalized spacial score (nSPS) is 17.6. The Bertz CT molecular complexity index is 1040. The van der Waals surface area contributed by atoms with Gasteiger partial charge in [0.25, 0.3) is 0 Å². The summed E-state index contributed by atoms with van der Waals surface area (Å²) in [7, 11) is -3.76. The molecule has 1 saturated heterocycles. The van der Waals surface area contributed by atoms with E-state index in [2.05, 4.69) is 87.4 Å². The van der Waals surface area contributed by atoms with Gasteiger partial charge in [0.1, 0.15) is 7.60 Å². The van der Waals surface area contributed by atoms with E-state index in [1.807, 2.05) is 0 Å². The fourth-order valence-electron chi connectivity index (χ4n) is 1.43. The summed E-state index contributed by atoms with van der Waals surface area (Å²) >= 11 is 0. The van der Waals surface area contributed by atoms with Crippen molar-refractivity contribution >= 4 is 13.6 Å². The Morgan fingerprint density at radius 3 is 1.93 bits per heavy atom. The fraction of sp³-hybridized carbons (Fsp3) is 0.250.